The first kappa shape index (κ1) is 101. The molecule has 7 N–H and O–H groups in total. The molecule has 0 aromatic heterocycles. The number of sulfonamides is 3. The number of benzene rings is 6. The molecule has 33 nitrogen and oxygen atoms in total. The highest BCUT2D eigenvalue weighted by Gasteiger charge is 2.66. The molecule has 21 rings (SSSR count). The van der Waals surface area contributed by atoms with Crippen molar-refractivity contribution in [3.8, 4) is 39.1 Å². The minimum absolute atomic E-state index is 0.0336. The van der Waals surface area contributed by atoms with E-state index in [1.165, 1.54) is 13.0 Å². The second-order valence-corrected chi connectivity index (χ2v) is 47.1. The van der Waals surface area contributed by atoms with E-state index in [-0.39, 0.29) is 82.8 Å². The molecule has 36 heteroatoms. The third-order valence-corrected chi connectivity index (χ3v) is 36.5. The van der Waals surface area contributed by atoms with E-state index in [2.05, 4.69) is 143 Å². The smallest absolute Gasteiger partial charge is 0.328 e. The van der Waals surface area contributed by atoms with Gasteiger partial charge in [-0.05, 0) is 229 Å². The molecule has 766 valence electrons. The topological polar surface area (TPSA) is 447 Å². The van der Waals surface area contributed by atoms with Gasteiger partial charge in [-0.1, -0.05) is 168 Å². The van der Waals surface area contributed by atoms with Crippen molar-refractivity contribution in [2.45, 2.75) is 211 Å². The summed E-state index contributed by atoms with van der Waals surface area (Å²) < 4.78 is 93.4. The summed E-state index contributed by atoms with van der Waals surface area (Å²) >= 11 is 0. The van der Waals surface area contributed by atoms with E-state index in [1.807, 2.05) is 78.9 Å². The number of fused-ring (bicyclic) bond motifs is 18. The zero-order valence-corrected chi connectivity index (χ0v) is 84.3. The largest absolute Gasteiger partial charge is 0.490 e. The van der Waals surface area contributed by atoms with Crippen LogP contribution in [0.25, 0.3) is 45.5 Å². The second-order valence-electron chi connectivity index (χ2n) is 41.2. The van der Waals surface area contributed by atoms with Gasteiger partial charge in [0.2, 0.25) is 65.5 Å². The van der Waals surface area contributed by atoms with Crippen LogP contribution < -0.4 is 40.2 Å². The van der Waals surface area contributed by atoms with Crippen LogP contribution in [0.1, 0.15) is 199 Å². The van der Waals surface area contributed by atoms with Gasteiger partial charge >= 0.3 is 5.97 Å². The van der Waals surface area contributed by atoms with Gasteiger partial charge in [-0.2, -0.15) is 0 Å². The van der Waals surface area contributed by atoms with Crippen LogP contribution in [0.5, 0.6) is 5.75 Å². The van der Waals surface area contributed by atoms with Crippen LogP contribution in [0.2, 0.25) is 0 Å². The van der Waals surface area contributed by atoms with Crippen molar-refractivity contribution >= 4 is 118 Å². The van der Waals surface area contributed by atoms with Gasteiger partial charge in [0.05, 0.1) is 51.3 Å². The Morgan fingerprint density at radius 1 is 0.404 bits per heavy atom. The fraction of sp³-hybridized carbons (Fsp3) is 0.445. The Labute approximate surface area is 849 Å². The highest BCUT2D eigenvalue weighted by atomic mass is 32.2. The molecular weight excluding hydrogens is 1920 g/mol. The summed E-state index contributed by atoms with van der Waals surface area (Å²) in [6, 6.07) is 41.3. The number of esters is 1. The number of carbonyl (C=O) groups excluding carboxylic acids is 10. The van der Waals surface area contributed by atoms with E-state index < -0.39 is 187 Å². The molecule has 3 heterocycles. The fourth-order valence-corrected chi connectivity index (χ4v) is 26.0. The van der Waals surface area contributed by atoms with Gasteiger partial charge in [0, 0.05) is 78.3 Å². The highest BCUT2D eigenvalue weighted by Crippen LogP contribution is 2.52. The molecule has 146 heavy (non-hydrogen) atoms. The van der Waals surface area contributed by atoms with E-state index in [4.69, 9.17) is 24.0 Å². The van der Waals surface area contributed by atoms with Crippen molar-refractivity contribution in [3.05, 3.63) is 234 Å². The molecule has 3 aliphatic heterocycles. The van der Waals surface area contributed by atoms with E-state index >= 15 is 0 Å². The van der Waals surface area contributed by atoms with Crippen LogP contribution in [0.4, 0.5) is 0 Å². The average Bonchev–Trinajstić information content (AvgIpc) is 1.56. The Kier molecular flexibility index (Phi) is 28.7. The number of nitrogens with zero attached hydrogens (tertiary/aromatic N) is 5. The number of cyclic esters (lactones) is 1. The summed E-state index contributed by atoms with van der Waals surface area (Å²) in [4.78, 5) is 158. The lowest BCUT2D eigenvalue weighted by Crippen LogP contribution is -2.54. The number of allylic oxidation sites excluding steroid dienone is 2. The molecule has 0 unspecified atom stereocenters. The number of nitrogens with one attached hydrogen (secondary N) is 7. The molecule has 9 fully saturated rings. The number of hydrogen-bond acceptors (Lipinski definition) is 24. The molecule has 9 amide bonds. The second kappa shape index (κ2) is 41.4. The van der Waals surface area contributed by atoms with Gasteiger partial charge in [-0.15, -0.1) is 19.7 Å². The summed E-state index contributed by atoms with van der Waals surface area (Å²) in [5.74, 6) is -11.1. The molecule has 6 aromatic carbocycles. The van der Waals surface area contributed by atoms with Crippen molar-refractivity contribution in [3.63, 3.8) is 0 Å². The molecule has 12 bridgehead atoms. The third kappa shape index (κ3) is 21.0. The first-order valence-electron chi connectivity index (χ1n) is 50.8. The first-order valence-corrected chi connectivity index (χ1v) is 55.4. The molecule has 0 radical (unpaired) electrons. The Morgan fingerprint density at radius 3 is 1.10 bits per heavy atom. The van der Waals surface area contributed by atoms with Gasteiger partial charge in [-0.25, -0.2) is 30.0 Å². The van der Waals surface area contributed by atoms with E-state index in [0.29, 0.717) is 74.5 Å². The number of hydrogen-bond donors (Lipinski definition) is 7. The number of carbonyl (C=O) groups is 10. The standard InChI is InChI=1S/2C37H42N4O6S.C36H38N4O9S/c2*1-3-24-22-37(24,36(44)40-48(45,46)26-15-16-26)38-34(42)31-20-25-21-32(31)35(43)41(2)18-10-6-4-5-7-11-23-14-17-28-27-12-8-9-13-29(27)33(39-47-25)30(28)19-23;1-3-21-19-36(21,35(44)40-50(45,46)24-11-12-24)38-33(42)30-18-23-17-29(30)32(41)37-20(2)34(43)48-15-7-6-14-47-22-10-13-26-25-8-4-5-9-27(25)31(39-49-23)28(26)16-22/h2*3,7-9,11-14,17,19,24-26,31-32H,1,4-6,10,15-16,18,20-22H2,2H3,(H,38,42)(H,40,44);3-10,13,16,20-21,23-24,29-30H,1,11-12,14-15,17-19H2,2H3,(H,37,41)(H,38,42)(H,40,44)/b11-7+,39-33+;11-7+,39-33-;7-6+,39-31+/t2*24-,25-,31-,32-,37-;20-,21-,23+,29-,30-,36-/m111/s1. The van der Waals surface area contributed by atoms with E-state index in [9.17, 15) is 73.2 Å². The van der Waals surface area contributed by atoms with Gasteiger partial charge in [0.25, 0.3) is 17.7 Å². The maximum absolute atomic E-state index is 14.0. The quantitative estimate of drug-likeness (QED) is 0.0310. The Hall–Kier alpha value is -13.5. The van der Waals surface area contributed by atoms with Crippen LogP contribution in [0.15, 0.2) is 205 Å². The van der Waals surface area contributed by atoms with Crippen LogP contribution in [0.3, 0.4) is 0 Å². The zero-order valence-electron chi connectivity index (χ0n) is 81.8. The third-order valence-electron chi connectivity index (χ3n) is 31.1. The monoisotopic (exact) mass is 2040 g/mol. The molecule has 16 atom stereocenters. The minimum Gasteiger partial charge on any atom is -0.490 e. The SMILES string of the molecule is C=C[C@@H]1C[C@]1(NC(=O)[C@@H]1C[C@@H]2C[C@H]1C(=O)N(C)CCCCC/C=C/c1ccc3c(c1)/C(=N/O2)c1ccccc1-3)C(=O)NS(=O)(=O)C1CC1.C=C[C@@H]1C[C@]1(NC(=O)[C@@H]1C[C@@H]2C[C@H]1C(=O)N(C)CCCCC/C=C/c1ccc3c(c1)/C(=N\O2)c1ccccc1-3)C(=O)NS(=O)(=O)C1CC1.C=C[C@@H]1C[C@]1(NC(=O)[C@@H]1C[C@@H]2C[C@H]1C(=O)N[C@H](C)C(=O)OC/C=C/COc1ccc3c(c1)/C(=N/O2)c1ccccc1-3)C(=O)NS(=O)(=O)C1CC1. The lowest BCUT2D eigenvalue weighted by molar-refractivity contribution is -0.147. The molecular formula is C110H122N12O21S3. The normalized spacial score (nSPS) is 30.2. The zero-order chi connectivity index (χ0) is 102. The lowest BCUT2D eigenvalue weighted by atomic mass is 9.93. The molecule has 6 aromatic rings. The highest BCUT2D eigenvalue weighted by molar-refractivity contribution is 7.91. The first-order chi connectivity index (χ1) is 70.2. The molecule has 0 spiro atoms. The number of ether oxygens (including phenoxy) is 2. The molecule has 15 aliphatic rings. The summed E-state index contributed by atoms with van der Waals surface area (Å²) in [7, 11) is -7.98. The van der Waals surface area contributed by atoms with Crippen molar-refractivity contribution in [1.29, 1.82) is 0 Å². The van der Waals surface area contributed by atoms with Gasteiger partial charge in [0.1, 0.15) is 77.1 Å². The van der Waals surface area contributed by atoms with E-state index in [1.54, 1.807) is 48.2 Å². The van der Waals surface area contributed by atoms with Crippen molar-refractivity contribution in [2.75, 3.05) is 40.4 Å². The minimum atomic E-state index is -3.88. The van der Waals surface area contributed by atoms with Gasteiger partial charge in [0.15, 0.2) is 0 Å². The lowest BCUT2D eigenvalue weighted by Gasteiger charge is -2.26. The fourth-order valence-electron chi connectivity index (χ4n) is 21.9. The molecule has 12 aliphatic carbocycles. The van der Waals surface area contributed by atoms with Crippen LogP contribution >= 0.6 is 0 Å². The maximum Gasteiger partial charge on any atom is 0.328 e. The summed E-state index contributed by atoms with van der Waals surface area (Å²) in [6.45, 7) is 14.1. The average molecular weight is 2040 g/mol. The van der Waals surface area contributed by atoms with Crippen molar-refractivity contribution in [1.82, 2.24) is 45.2 Å². The van der Waals surface area contributed by atoms with Crippen LogP contribution in [-0.2, 0) is 97.3 Å². The van der Waals surface area contributed by atoms with Crippen molar-refractivity contribution < 1.29 is 97.2 Å². The van der Waals surface area contributed by atoms with Gasteiger partial charge < -0.3 is 55.1 Å². The van der Waals surface area contributed by atoms with Crippen LogP contribution in [-0.4, -0.2) is 208 Å². The maximum atomic E-state index is 14.0. The predicted molar refractivity (Wildman–Crippen MR) is 547 cm³/mol. The molecule has 9 saturated carbocycles. The van der Waals surface area contributed by atoms with Crippen molar-refractivity contribution in [2.24, 2.45) is 68.7 Å². The van der Waals surface area contributed by atoms with E-state index in [0.717, 1.165) is 129 Å². The summed E-state index contributed by atoms with van der Waals surface area (Å²) in [6.07, 6.45) is 27.1. The Bertz CT molecular complexity index is 6620. The van der Waals surface area contributed by atoms with Crippen LogP contribution in [0, 0.1) is 53.3 Å². The summed E-state index contributed by atoms with van der Waals surface area (Å²) in [5, 5.41) is 23.3. The number of rotatable bonds is 18. The summed E-state index contributed by atoms with van der Waals surface area (Å²) in [5.41, 5.74) is 11.5. The van der Waals surface area contributed by atoms with Gasteiger partial charge in [-0.3, -0.25) is 57.3 Å². The Balaban J connectivity index is 0.000000138. The number of amides is 9. The number of oxime groups is 3. The molecule has 0 saturated heterocycles. The Morgan fingerprint density at radius 2 is 0.740 bits per heavy atom. The predicted octanol–water partition coefficient (Wildman–Crippen LogP) is 11.6.